The van der Waals surface area contributed by atoms with Crippen LogP contribution in [0.5, 0.6) is 0 Å². The second kappa shape index (κ2) is 6.61. The molecule has 0 saturated carbocycles. The maximum absolute atomic E-state index is 12.4. The minimum atomic E-state index is -0.931. The van der Waals surface area contributed by atoms with E-state index in [1.165, 1.54) is 16.2 Å². The molecule has 0 saturated heterocycles. The molecule has 22 heavy (non-hydrogen) atoms. The predicted octanol–water partition coefficient (Wildman–Crippen LogP) is 1.70. The average molecular weight is 320 g/mol. The maximum Gasteiger partial charge on any atom is 0.308 e. The normalized spacial score (nSPS) is 12.0. The highest BCUT2D eigenvalue weighted by Crippen LogP contribution is 2.26. The maximum atomic E-state index is 12.4. The number of thiazole rings is 1. The number of hydrogen-bond acceptors (Lipinski definition) is 6. The first-order valence-corrected chi connectivity index (χ1v) is 7.45. The van der Waals surface area contributed by atoms with E-state index in [-0.39, 0.29) is 12.5 Å². The molecule has 0 aromatic carbocycles. The molecule has 0 bridgehead atoms. The molecule has 2 aromatic rings. The first-order valence-electron chi connectivity index (χ1n) is 6.63. The summed E-state index contributed by atoms with van der Waals surface area (Å²) in [7, 11) is 1.58. The third-order valence-corrected chi connectivity index (χ3v) is 4.21. The van der Waals surface area contributed by atoms with Crippen LogP contribution in [0.1, 0.15) is 22.3 Å². The first-order chi connectivity index (χ1) is 10.4. The van der Waals surface area contributed by atoms with Crippen LogP contribution >= 0.6 is 11.3 Å². The van der Waals surface area contributed by atoms with Gasteiger partial charge in [-0.05, 0) is 13.0 Å². The van der Waals surface area contributed by atoms with Gasteiger partial charge in [0.2, 0.25) is 0 Å². The van der Waals surface area contributed by atoms with E-state index in [1.54, 1.807) is 39.4 Å². The molecule has 2 aromatic heterocycles. The molecule has 8 heteroatoms. The summed E-state index contributed by atoms with van der Waals surface area (Å²) in [6.45, 7) is 3.45. The van der Waals surface area contributed by atoms with E-state index in [1.807, 2.05) is 0 Å². The smallest absolute Gasteiger partial charge is 0.308 e. The van der Waals surface area contributed by atoms with Gasteiger partial charge in [-0.25, -0.2) is 15.0 Å². The number of amides is 1. The Kier molecular flexibility index (Phi) is 4.81. The highest BCUT2D eigenvalue weighted by Gasteiger charge is 2.23. The Labute approximate surface area is 131 Å². The zero-order valence-corrected chi connectivity index (χ0v) is 13.3. The van der Waals surface area contributed by atoms with Gasteiger partial charge in [0, 0.05) is 26.0 Å². The van der Waals surface area contributed by atoms with Gasteiger partial charge in [-0.3, -0.25) is 9.59 Å². The van der Waals surface area contributed by atoms with Crippen LogP contribution in [0.25, 0.3) is 10.8 Å². The van der Waals surface area contributed by atoms with Crippen LogP contribution in [-0.4, -0.2) is 50.4 Å². The Hall–Kier alpha value is -2.35. The van der Waals surface area contributed by atoms with Crippen molar-refractivity contribution in [3.63, 3.8) is 0 Å². The lowest BCUT2D eigenvalue weighted by molar-refractivity contribution is -0.141. The van der Waals surface area contributed by atoms with Gasteiger partial charge in [0.25, 0.3) is 5.91 Å². The molecule has 0 aliphatic carbocycles. The second-order valence-corrected chi connectivity index (χ2v) is 5.93. The van der Waals surface area contributed by atoms with Gasteiger partial charge < -0.3 is 10.0 Å². The van der Waals surface area contributed by atoms with Crippen LogP contribution in [0.3, 0.4) is 0 Å². The van der Waals surface area contributed by atoms with Gasteiger partial charge in [0.15, 0.2) is 10.8 Å². The number of rotatable bonds is 5. The molecule has 0 aliphatic rings. The molecule has 0 spiro atoms. The summed E-state index contributed by atoms with van der Waals surface area (Å²) in [4.78, 5) is 37.7. The molecular weight excluding hydrogens is 304 g/mol. The van der Waals surface area contributed by atoms with Gasteiger partial charge in [-0.1, -0.05) is 6.92 Å². The molecule has 1 atom stereocenters. The molecule has 2 heterocycles. The highest BCUT2D eigenvalue weighted by atomic mass is 32.1. The Morgan fingerprint density at radius 1 is 1.36 bits per heavy atom. The summed E-state index contributed by atoms with van der Waals surface area (Å²) < 4.78 is 0. The van der Waals surface area contributed by atoms with Crippen molar-refractivity contribution in [1.82, 2.24) is 19.9 Å². The van der Waals surface area contributed by atoms with E-state index in [9.17, 15) is 9.59 Å². The number of aliphatic carboxylic acids is 1. The first kappa shape index (κ1) is 16.0. The van der Waals surface area contributed by atoms with Crippen LogP contribution in [-0.2, 0) is 4.79 Å². The molecule has 2 rings (SSSR count). The summed E-state index contributed by atoms with van der Waals surface area (Å²) in [5.74, 6) is -1.33. The van der Waals surface area contributed by atoms with Crippen molar-refractivity contribution in [3.05, 3.63) is 29.0 Å². The Morgan fingerprint density at radius 3 is 2.59 bits per heavy atom. The third-order valence-electron chi connectivity index (χ3n) is 3.06. The molecule has 0 radical (unpaired) electrons. The van der Waals surface area contributed by atoms with Crippen LogP contribution in [0.15, 0.2) is 18.5 Å². The standard InChI is InChI=1S/C14H16N4O3S/c1-8(14(20)21)7-18(3)13(19)10-9(2)17-12(22-10)11-15-5-4-6-16-11/h4-6,8H,7H2,1-3H3,(H,20,21). The number of aromatic nitrogens is 3. The Balaban J connectivity index is 2.20. The van der Waals surface area contributed by atoms with Crippen molar-refractivity contribution >= 4 is 23.2 Å². The van der Waals surface area contributed by atoms with E-state index < -0.39 is 11.9 Å². The molecule has 0 aliphatic heterocycles. The number of nitrogens with zero attached hydrogens (tertiary/aromatic N) is 4. The molecule has 1 amide bonds. The van der Waals surface area contributed by atoms with Crippen LogP contribution in [0.2, 0.25) is 0 Å². The monoisotopic (exact) mass is 320 g/mol. The summed E-state index contributed by atoms with van der Waals surface area (Å²) in [6, 6.07) is 1.71. The van der Waals surface area contributed by atoms with Crippen molar-refractivity contribution in [1.29, 1.82) is 0 Å². The van der Waals surface area contributed by atoms with E-state index in [4.69, 9.17) is 5.11 Å². The van der Waals surface area contributed by atoms with Gasteiger partial charge in [-0.2, -0.15) is 0 Å². The van der Waals surface area contributed by atoms with E-state index in [2.05, 4.69) is 15.0 Å². The van der Waals surface area contributed by atoms with Gasteiger partial charge in [-0.15, -0.1) is 11.3 Å². The van der Waals surface area contributed by atoms with E-state index in [0.29, 0.717) is 21.4 Å². The predicted molar refractivity (Wildman–Crippen MR) is 81.6 cm³/mol. The average Bonchev–Trinajstić information content (AvgIpc) is 2.89. The fourth-order valence-corrected chi connectivity index (χ4v) is 2.85. The highest BCUT2D eigenvalue weighted by molar-refractivity contribution is 7.17. The zero-order chi connectivity index (χ0) is 16.3. The van der Waals surface area contributed by atoms with Crippen molar-refractivity contribution < 1.29 is 14.7 Å². The van der Waals surface area contributed by atoms with Crippen molar-refractivity contribution in [2.24, 2.45) is 5.92 Å². The van der Waals surface area contributed by atoms with Crippen molar-refractivity contribution in [2.45, 2.75) is 13.8 Å². The van der Waals surface area contributed by atoms with Gasteiger partial charge in [0.05, 0.1) is 11.6 Å². The molecule has 116 valence electrons. The fourth-order valence-electron chi connectivity index (χ4n) is 1.85. The fraction of sp³-hybridized carbons (Fsp3) is 0.357. The van der Waals surface area contributed by atoms with E-state index >= 15 is 0 Å². The number of hydrogen-bond donors (Lipinski definition) is 1. The molecular formula is C14H16N4O3S. The van der Waals surface area contributed by atoms with E-state index in [0.717, 1.165) is 0 Å². The van der Waals surface area contributed by atoms with Gasteiger partial charge >= 0.3 is 5.97 Å². The minimum absolute atomic E-state index is 0.142. The van der Waals surface area contributed by atoms with Gasteiger partial charge in [0.1, 0.15) is 4.88 Å². The summed E-state index contributed by atoms with van der Waals surface area (Å²) >= 11 is 1.21. The minimum Gasteiger partial charge on any atom is -0.481 e. The number of aryl methyl sites for hydroxylation is 1. The lowest BCUT2D eigenvalue weighted by atomic mass is 10.2. The molecule has 7 nitrogen and oxygen atoms in total. The molecule has 1 unspecified atom stereocenters. The number of carboxylic acid groups (broad SMARTS) is 1. The Morgan fingerprint density at radius 2 is 2.00 bits per heavy atom. The lowest BCUT2D eigenvalue weighted by Crippen LogP contribution is -2.33. The molecule has 0 fully saturated rings. The Bertz CT molecular complexity index is 687. The SMILES string of the molecule is Cc1nc(-c2ncccn2)sc1C(=O)N(C)CC(C)C(=O)O. The third kappa shape index (κ3) is 3.45. The topological polar surface area (TPSA) is 96.3 Å². The largest absolute Gasteiger partial charge is 0.481 e. The second-order valence-electron chi connectivity index (χ2n) is 4.93. The summed E-state index contributed by atoms with van der Waals surface area (Å²) in [5.41, 5.74) is 0.590. The quantitative estimate of drug-likeness (QED) is 0.900. The lowest BCUT2D eigenvalue weighted by Gasteiger charge is -2.18. The van der Waals surface area contributed by atoms with Crippen LogP contribution in [0.4, 0.5) is 0 Å². The van der Waals surface area contributed by atoms with Crippen molar-refractivity contribution in [3.8, 4) is 10.8 Å². The number of carbonyl (C=O) groups is 2. The summed E-state index contributed by atoms with van der Waals surface area (Å²) in [5, 5.41) is 9.50. The number of carbonyl (C=O) groups excluding carboxylic acids is 1. The molecule has 1 N–H and O–H groups in total. The summed E-state index contributed by atoms with van der Waals surface area (Å²) in [6.07, 6.45) is 3.22. The van der Waals surface area contributed by atoms with Crippen molar-refractivity contribution in [2.75, 3.05) is 13.6 Å². The number of carboxylic acids is 1. The van der Waals surface area contributed by atoms with Crippen LogP contribution in [0, 0.1) is 12.8 Å². The zero-order valence-electron chi connectivity index (χ0n) is 12.5. The van der Waals surface area contributed by atoms with Crippen LogP contribution < -0.4 is 0 Å².